The van der Waals surface area contributed by atoms with E-state index in [1.807, 2.05) is 13.8 Å². The maximum Gasteiger partial charge on any atom is 0.359 e. The summed E-state index contributed by atoms with van der Waals surface area (Å²) in [5.74, 6) is 1.51. The lowest BCUT2D eigenvalue weighted by molar-refractivity contribution is -0.320. The van der Waals surface area contributed by atoms with Crippen molar-refractivity contribution < 1.29 is 13.5 Å². The fourth-order valence-corrected chi connectivity index (χ4v) is 5.19. The van der Waals surface area contributed by atoms with E-state index in [0.717, 1.165) is 25.7 Å². The lowest BCUT2D eigenvalue weighted by Gasteiger charge is -2.44. The van der Waals surface area contributed by atoms with Gasteiger partial charge in [-0.3, -0.25) is 0 Å². The van der Waals surface area contributed by atoms with Crippen molar-refractivity contribution in [2.24, 2.45) is 41.4 Å². The lowest BCUT2D eigenvalue weighted by Crippen LogP contribution is -2.47. The summed E-state index contributed by atoms with van der Waals surface area (Å²) < 4.78 is 35.2. The Kier molecular flexibility index (Phi) is 5.57. The van der Waals surface area contributed by atoms with E-state index in [9.17, 15) is 8.78 Å². The Hall–Kier alpha value is -0.180. The van der Waals surface area contributed by atoms with E-state index in [1.54, 1.807) is 0 Å². The SMILES string of the molecule is CC1CC(C)C(C(F)(F)OC2CC(C)C(C)C(C)C2)C(C)C1. The zero-order valence-electron chi connectivity index (χ0n) is 15.1. The molecule has 0 aromatic heterocycles. The quantitative estimate of drug-likeness (QED) is 0.622. The molecule has 4 unspecified atom stereocenters. The summed E-state index contributed by atoms with van der Waals surface area (Å²) in [4.78, 5) is 0. The molecule has 2 rings (SSSR count). The standard InChI is InChI=1S/C19H34F2O/c1-11-7-14(4)18(15(5)8-11)19(20,21)22-17-9-12(2)16(6)13(3)10-17/h11-18H,7-10H2,1-6H3. The molecule has 2 saturated carbocycles. The number of hydrogen-bond acceptors (Lipinski definition) is 1. The van der Waals surface area contributed by atoms with Crippen molar-refractivity contribution in [3.63, 3.8) is 0 Å². The lowest BCUT2D eigenvalue weighted by atomic mass is 9.69. The van der Waals surface area contributed by atoms with Gasteiger partial charge in [0.1, 0.15) is 0 Å². The third kappa shape index (κ3) is 3.83. The predicted octanol–water partition coefficient (Wildman–Crippen LogP) is 5.98. The Bertz CT molecular complexity index is 346. The van der Waals surface area contributed by atoms with E-state index >= 15 is 0 Å². The van der Waals surface area contributed by atoms with Crippen LogP contribution >= 0.6 is 0 Å². The number of hydrogen-bond donors (Lipinski definition) is 0. The van der Waals surface area contributed by atoms with Crippen molar-refractivity contribution in [3.8, 4) is 0 Å². The molecule has 0 amide bonds. The highest BCUT2D eigenvalue weighted by molar-refractivity contribution is 4.88. The molecule has 0 heterocycles. The van der Waals surface area contributed by atoms with Gasteiger partial charge in [-0.2, -0.15) is 8.78 Å². The Morgan fingerprint density at radius 1 is 0.727 bits per heavy atom. The molecule has 2 fully saturated rings. The van der Waals surface area contributed by atoms with Gasteiger partial charge in [0.05, 0.1) is 12.0 Å². The first-order valence-corrected chi connectivity index (χ1v) is 9.17. The minimum absolute atomic E-state index is 0.0334. The molecule has 3 heteroatoms. The molecule has 22 heavy (non-hydrogen) atoms. The average Bonchev–Trinajstić information content (AvgIpc) is 2.33. The van der Waals surface area contributed by atoms with Crippen molar-refractivity contribution in [1.29, 1.82) is 0 Å². The Labute approximate surface area is 135 Å². The van der Waals surface area contributed by atoms with Gasteiger partial charge >= 0.3 is 6.11 Å². The van der Waals surface area contributed by atoms with Gasteiger partial charge in [0.25, 0.3) is 0 Å². The van der Waals surface area contributed by atoms with Crippen molar-refractivity contribution in [2.75, 3.05) is 0 Å². The molecule has 130 valence electrons. The summed E-state index contributed by atoms with van der Waals surface area (Å²) in [5, 5.41) is 0. The first-order valence-electron chi connectivity index (χ1n) is 9.17. The number of alkyl halides is 2. The van der Waals surface area contributed by atoms with Crippen molar-refractivity contribution >= 4 is 0 Å². The van der Waals surface area contributed by atoms with Crippen LogP contribution in [0.5, 0.6) is 0 Å². The molecular weight excluding hydrogens is 282 g/mol. The maximum atomic E-state index is 14.9. The topological polar surface area (TPSA) is 9.23 Å². The van der Waals surface area contributed by atoms with Crippen LogP contribution in [0.2, 0.25) is 0 Å². The second kappa shape index (κ2) is 6.75. The van der Waals surface area contributed by atoms with Gasteiger partial charge in [0.15, 0.2) is 0 Å². The maximum absolute atomic E-state index is 14.9. The second-order valence-electron chi connectivity index (χ2n) is 8.64. The number of rotatable bonds is 3. The second-order valence-corrected chi connectivity index (χ2v) is 8.64. The van der Waals surface area contributed by atoms with Gasteiger partial charge in [-0.05, 0) is 61.2 Å². The van der Waals surface area contributed by atoms with E-state index < -0.39 is 12.0 Å². The molecule has 0 aromatic rings. The molecule has 4 atom stereocenters. The average molecular weight is 316 g/mol. The smallest absolute Gasteiger partial charge is 0.317 e. The van der Waals surface area contributed by atoms with Crippen LogP contribution in [-0.2, 0) is 4.74 Å². The van der Waals surface area contributed by atoms with E-state index in [1.165, 1.54) is 0 Å². The molecule has 0 aliphatic heterocycles. The zero-order chi connectivity index (χ0) is 16.7. The molecule has 2 aliphatic rings. The van der Waals surface area contributed by atoms with Crippen LogP contribution in [0.3, 0.4) is 0 Å². The van der Waals surface area contributed by atoms with Gasteiger partial charge in [-0.25, -0.2) is 0 Å². The van der Waals surface area contributed by atoms with Crippen LogP contribution < -0.4 is 0 Å². The summed E-state index contributed by atoms with van der Waals surface area (Å²) in [6.07, 6.45) is 0.0594. The van der Waals surface area contributed by atoms with E-state index in [4.69, 9.17) is 4.74 Å². The van der Waals surface area contributed by atoms with Crippen molar-refractivity contribution in [2.45, 2.75) is 79.4 Å². The summed E-state index contributed by atoms with van der Waals surface area (Å²) >= 11 is 0. The molecule has 0 N–H and O–H groups in total. The molecule has 2 aliphatic carbocycles. The zero-order valence-corrected chi connectivity index (χ0v) is 15.1. The first kappa shape index (κ1) is 18.2. The summed E-state index contributed by atoms with van der Waals surface area (Å²) in [7, 11) is 0. The van der Waals surface area contributed by atoms with Gasteiger partial charge < -0.3 is 4.74 Å². The van der Waals surface area contributed by atoms with Gasteiger partial charge in [0, 0.05) is 0 Å². The van der Waals surface area contributed by atoms with Crippen molar-refractivity contribution in [3.05, 3.63) is 0 Å². The summed E-state index contributed by atoms with van der Waals surface area (Å²) in [6.45, 7) is 12.7. The van der Waals surface area contributed by atoms with Crippen LogP contribution in [0.25, 0.3) is 0 Å². The Morgan fingerprint density at radius 3 is 1.64 bits per heavy atom. The highest BCUT2D eigenvalue weighted by Gasteiger charge is 2.51. The molecule has 0 spiro atoms. The molecule has 0 aromatic carbocycles. The minimum Gasteiger partial charge on any atom is -0.317 e. The highest BCUT2D eigenvalue weighted by Crippen LogP contribution is 2.48. The van der Waals surface area contributed by atoms with Gasteiger partial charge in [0.2, 0.25) is 0 Å². The largest absolute Gasteiger partial charge is 0.359 e. The first-order chi connectivity index (χ1) is 10.1. The van der Waals surface area contributed by atoms with Crippen LogP contribution in [0, 0.1) is 41.4 Å². The van der Waals surface area contributed by atoms with Gasteiger partial charge in [-0.1, -0.05) is 41.5 Å². The molecule has 0 saturated heterocycles. The van der Waals surface area contributed by atoms with E-state index in [-0.39, 0.29) is 17.9 Å². The third-order valence-electron chi connectivity index (χ3n) is 6.55. The third-order valence-corrected chi connectivity index (χ3v) is 6.55. The molecular formula is C19H34F2O. The summed E-state index contributed by atoms with van der Waals surface area (Å²) in [6, 6.07) is 0. The molecule has 1 nitrogen and oxygen atoms in total. The normalized spacial score (nSPS) is 47.5. The molecule has 0 bridgehead atoms. The monoisotopic (exact) mass is 316 g/mol. The Balaban J connectivity index is 2.04. The van der Waals surface area contributed by atoms with Crippen LogP contribution in [0.15, 0.2) is 0 Å². The highest BCUT2D eigenvalue weighted by atomic mass is 19.3. The fourth-order valence-electron chi connectivity index (χ4n) is 5.19. The van der Waals surface area contributed by atoms with Crippen LogP contribution in [-0.4, -0.2) is 12.2 Å². The van der Waals surface area contributed by atoms with Crippen LogP contribution in [0.1, 0.15) is 67.2 Å². The van der Waals surface area contributed by atoms with E-state index in [0.29, 0.717) is 23.7 Å². The Morgan fingerprint density at radius 2 is 1.18 bits per heavy atom. The van der Waals surface area contributed by atoms with Crippen molar-refractivity contribution in [1.82, 2.24) is 0 Å². The predicted molar refractivity (Wildman–Crippen MR) is 86.8 cm³/mol. The fraction of sp³-hybridized carbons (Fsp3) is 1.00. The number of halogens is 2. The summed E-state index contributed by atoms with van der Waals surface area (Å²) in [5.41, 5.74) is 0. The number of ether oxygens (including phenoxy) is 1. The van der Waals surface area contributed by atoms with Crippen LogP contribution in [0.4, 0.5) is 8.78 Å². The van der Waals surface area contributed by atoms with Gasteiger partial charge in [-0.15, -0.1) is 0 Å². The minimum atomic E-state index is -2.98. The van der Waals surface area contributed by atoms with E-state index in [2.05, 4.69) is 27.7 Å². The molecule has 0 radical (unpaired) electrons.